The maximum Gasteiger partial charge on any atom is 0.336 e. The summed E-state index contributed by atoms with van der Waals surface area (Å²) in [5, 5.41) is 9.51. The summed E-state index contributed by atoms with van der Waals surface area (Å²) in [6.07, 6.45) is 1.71. The number of pyridine rings is 1. The van der Waals surface area contributed by atoms with Gasteiger partial charge in [0.1, 0.15) is 5.15 Å². The molecule has 0 aliphatic carbocycles. The summed E-state index contributed by atoms with van der Waals surface area (Å²) in [4.78, 5) is 15.9. The van der Waals surface area contributed by atoms with Gasteiger partial charge in [0.25, 0.3) is 0 Å². The second kappa shape index (κ2) is 6.41. The van der Waals surface area contributed by atoms with Gasteiger partial charge in [0.15, 0.2) is 0 Å². The molecule has 0 unspecified atom stereocenters. The van der Waals surface area contributed by atoms with Gasteiger partial charge in [-0.15, -0.1) is 11.8 Å². The lowest BCUT2D eigenvalue weighted by atomic mass is 10.2. The van der Waals surface area contributed by atoms with Crippen molar-refractivity contribution in [2.24, 2.45) is 0 Å². The van der Waals surface area contributed by atoms with E-state index in [0.29, 0.717) is 15.4 Å². The molecule has 6 heteroatoms. The van der Waals surface area contributed by atoms with Gasteiger partial charge in [-0.3, -0.25) is 0 Å². The Kier molecular flexibility index (Phi) is 4.85. The van der Waals surface area contributed by atoms with Crippen molar-refractivity contribution in [3.8, 4) is 0 Å². The third kappa shape index (κ3) is 3.96. The van der Waals surface area contributed by atoms with E-state index in [-0.39, 0.29) is 5.56 Å². The van der Waals surface area contributed by atoms with E-state index in [1.165, 1.54) is 0 Å². The van der Waals surface area contributed by atoms with Crippen molar-refractivity contribution in [3.05, 3.63) is 57.3 Å². The fourth-order valence-corrected chi connectivity index (χ4v) is 2.81. The van der Waals surface area contributed by atoms with Crippen molar-refractivity contribution in [1.82, 2.24) is 4.98 Å². The molecule has 0 radical (unpaired) electrons. The number of hydrogen-bond acceptors (Lipinski definition) is 3. The van der Waals surface area contributed by atoms with Crippen LogP contribution in [0, 0.1) is 0 Å². The number of benzene rings is 1. The molecule has 19 heavy (non-hydrogen) atoms. The number of halogens is 2. The van der Waals surface area contributed by atoms with Crippen LogP contribution in [0.25, 0.3) is 0 Å². The molecule has 98 valence electrons. The summed E-state index contributed by atoms with van der Waals surface area (Å²) in [6, 6.07) is 8.91. The van der Waals surface area contributed by atoms with Crippen molar-refractivity contribution >= 4 is 45.3 Å². The van der Waals surface area contributed by atoms with Crippen LogP contribution >= 0.6 is 39.3 Å². The van der Waals surface area contributed by atoms with Crippen LogP contribution in [0.15, 0.2) is 45.9 Å². The molecule has 0 saturated heterocycles. The van der Waals surface area contributed by atoms with Gasteiger partial charge in [-0.25, -0.2) is 9.78 Å². The van der Waals surface area contributed by atoms with Gasteiger partial charge in [-0.1, -0.05) is 17.7 Å². The number of carboxylic acid groups (broad SMARTS) is 1. The second-order valence-electron chi connectivity index (χ2n) is 3.72. The van der Waals surface area contributed by atoms with Crippen LogP contribution in [0.1, 0.15) is 15.9 Å². The van der Waals surface area contributed by atoms with E-state index in [2.05, 4.69) is 20.9 Å². The van der Waals surface area contributed by atoms with Crippen LogP contribution in [-0.4, -0.2) is 16.1 Å². The van der Waals surface area contributed by atoms with Crippen molar-refractivity contribution < 1.29 is 9.90 Å². The summed E-state index contributed by atoms with van der Waals surface area (Å²) in [6.45, 7) is 0. The van der Waals surface area contributed by atoms with Crippen LogP contribution in [0.4, 0.5) is 0 Å². The van der Waals surface area contributed by atoms with E-state index in [1.807, 2.05) is 12.1 Å². The van der Waals surface area contributed by atoms with E-state index in [4.69, 9.17) is 16.7 Å². The molecule has 2 rings (SSSR count). The minimum atomic E-state index is -0.942. The number of aromatic nitrogens is 1. The highest BCUT2D eigenvalue weighted by atomic mass is 79.9. The molecule has 2 aromatic rings. The predicted octanol–water partition coefficient (Wildman–Crippen LogP) is 4.49. The molecule has 0 aliphatic heterocycles. The number of rotatable bonds is 4. The molecule has 1 aromatic carbocycles. The third-order valence-corrected chi connectivity index (χ3v) is 4.34. The Balaban J connectivity index is 2.09. The normalized spacial score (nSPS) is 10.4. The van der Waals surface area contributed by atoms with Crippen LogP contribution in [0.3, 0.4) is 0 Å². The van der Waals surface area contributed by atoms with E-state index < -0.39 is 5.97 Å². The van der Waals surface area contributed by atoms with Gasteiger partial charge in [-0.05, 0) is 45.8 Å². The Morgan fingerprint density at radius 3 is 2.79 bits per heavy atom. The number of aromatic carboxylic acids is 1. The third-order valence-electron chi connectivity index (χ3n) is 2.36. The fourth-order valence-electron chi connectivity index (χ4n) is 1.42. The zero-order chi connectivity index (χ0) is 13.8. The molecular weight excluding hydrogens is 350 g/mol. The van der Waals surface area contributed by atoms with Crippen LogP contribution in [0.5, 0.6) is 0 Å². The molecule has 1 heterocycles. The summed E-state index contributed by atoms with van der Waals surface area (Å²) in [5.41, 5.74) is 1.30. The molecule has 1 aromatic heterocycles. The SMILES string of the molecule is O=C(O)c1cc(SCc2ccc(Cl)nc2)ccc1Br. The zero-order valence-electron chi connectivity index (χ0n) is 9.64. The fraction of sp³-hybridized carbons (Fsp3) is 0.0769. The average molecular weight is 359 g/mol. The predicted molar refractivity (Wildman–Crippen MR) is 79.9 cm³/mol. The first-order valence-corrected chi connectivity index (χ1v) is 7.48. The molecule has 0 atom stereocenters. The number of carbonyl (C=O) groups is 1. The topological polar surface area (TPSA) is 50.2 Å². The van der Waals surface area contributed by atoms with E-state index in [1.54, 1.807) is 36.2 Å². The van der Waals surface area contributed by atoms with Crippen molar-refractivity contribution in [2.45, 2.75) is 10.6 Å². The van der Waals surface area contributed by atoms with Crippen molar-refractivity contribution in [3.63, 3.8) is 0 Å². The summed E-state index contributed by atoms with van der Waals surface area (Å²) < 4.78 is 0.581. The zero-order valence-corrected chi connectivity index (χ0v) is 12.8. The lowest BCUT2D eigenvalue weighted by Crippen LogP contribution is -1.97. The van der Waals surface area contributed by atoms with E-state index in [0.717, 1.165) is 10.5 Å². The van der Waals surface area contributed by atoms with E-state index >= 15 is 0 Å². The maximum absolute atomic E-state index is 11.0. The van der Waals surface area contributed by atoms with Crippen LogP contribution in [-0.2, 0) is 5.75 Å². The van der Waals surface area contributed by atoms with E-state index in [9.17, 15) is 4.79 Å². The van der Waals surface area contributed by atoms with Gasteiger partial charge >= 0.3 is 5.97 Å². The van der Waals surface area contributed by atoms with Crippen LogP contribution < -0.4 is 0 Å². The standard InChI is InChI=1S/C13H9BrClNO2S/c14-11-3-2-9(5-10(11)13(17)18)19-7-8-1-4-12(15)16-6-8/h1-6H,7H2,(H,17,18). The molecule has 0 fully saturated rings. The molecule has 3 nitrogen and oxygen atoms in total. The van der Waals surface area contributed by atoms with Gasteiger partial charge in [0.05, 0.1) is 5.56 Å². The molecule has 0 bridgehead atoms. The minimum Gasteiger partial charge on any atom is -0.478 e. The summed E-state index contributed by atoms with van der Waals surface area (Å²) in [7, 11) is 0. The van der Waals surface area contributed by atoms with Crippen LogP contribution in [0.2, 0.25) is 5.15 Å². The van der Waals surface area contributed by atoms with Gasteiger partial charge in [-0.2, -0.15) is 0 Å². The number of thioether (sulfide) groups is 1. The lowest BCUT2D eigenvalue weighted by Gasteiger charge is -2.05. The average Bonchev–Trinajstić information content (AvgIpc) is 2.39. The highest BCUT2D eigenvalue weighted by molar-refractivity contribution is 9.10. The Labute approximate surface area is 128 Å². The maximum atomic E-state index is 11.0. The second-order valence-corrected chi connectivity index (χ2v) is 6.01. The van der Waals surface area contributed by atoms with Gasteiger partial charge < -0.3 is 5.11 Å². The quantitative estimate of drug-likeness (QED) is 0.646. The monoisotopic (exact) mass is 357 g/mol. The first-order valence-electron chi connectivity index (χ1n) is 5.32. The number of carboxylic acids is 1. The van der Waals surface area contributed by atoms with Crippen molar-refractivity contribution in [2.75, 3.05) is 0 Å². The largest absolute Gasteiger partial charge is 0.478 e. The number of hydrogen-bond donors (Lipinski definition) is 1. The molecule has 0 spiro atoms. The smallest absolute Gasteiger partial charge is 0.336 e. The molecule has 0 amide bonds. The molecule has 1 N–H and O–H groups in total. The molecular formula is C13H9BrClNO2S. The molecule has 0 saturated carbocycles. The highest BCUT2D eigenvalue weighted by Crippen LogP contribution is 2.27. The van der Waals surface area contributed by atoms with Gasteiger partial charge in [0, 0.05) is 21.3 Å². The van der Waals surface area contributed by atoms with Crippen molar-refractivity contribution in [1.29, 1.82) is 0 Å². The van der Waals surface area contributed by atoms with Gasteiger partial charge in [0.2, 0.25) is 0 Å². The summed E-state index contributed by atoms with van der Waals surface area (Å²) in [5.74, 6) is -0.229. The lowest BCUT2D eigenvalue weighted by molar-refractivity contribution is 0.0695. The Morgan fingerprint density at radius 2 is 2.16 bits per heavy atom. The first kappa shape index (κ1) is 14.4. The highest BCUT2D eigenvalue weighted by Gasteiger charge is 2.09. The Bertz CT molecular complexity index is 604. The minimum absolute atomic E-state index is 0.263. The number of nitrogens with zero attached hydrogens (tertiary/aromatic N) is 1. The molecule has 0 aliphatic rings. The Hall–Kier alpha value is -1.04. The Morgan fingerprint density at radius 1 is 1.37 bits per heavy atom. The summed E-state index contributed by atoms with van der Waals surface area (Å²) >= 11 is 10.5. The first-order chi connectivity index (χ1) is 9.06.